The topological polar surface area (TPSA) is 49.8 Å². The first-order chi connectivity index (χ1) is 10.1. The Morgan fingerprint density at radius 1 is 1.48 bits per heavy atom. The standard InChI is InChI=1S/C17H25NO3/c1-13(10-15-7-3-4-8-16(15)21-2)18-9-5-6-14(12-18)11-17(19)20/h3-4,7-8,13-14H,5-6,9-12H2,1-2H3,(H,19,20). The molecule has 1 aliphatic rings. The molecule has 2 unspecified atom stereocenters. The van der Waals surface area contributed by atoms with Crippen molar-refractivity contribution in [1.82, 2.24) is 4.90 Å². The molecule has 4 nitrogen and oxygen atoms in total. The first-order valence-electron chi connectivity index (χ1n) is 7.68. The number of methoxy groups -OCH3 is 1. The average molecular weight is 291 g/mol. The number of piperidine rings is 1. The van der Waals surface area contributed by atoms with E-state index in [1.54, 1.807) is 7.11 Å². The molecule has 1 saturated heterocycles. The number of carboxylic acids is 1. The molecule has 1 aromatic carbocycles. The third kappa shape index (κ3) is 4.46. The van der Waals surface area contributed by atoms with E-state index in [-0.39, 0.29) is 12.3 Å². The highest BCUT2D eigenvalue weighted by Gasteiger charge is 2.25. The number of carbonyl (C=O) groups is 1. The molecule has 4 heteroatoms. The lowest BCUT2D eigenvalue weighted by Crippen LogP contribution is -2.42. The van der Waals surface area contributed by atoms with Crippen LogP contribution >= 0.6 is 0 Å². The lowest BCUT2D eigenvalue weighted by Gasteiger charge is -2.36. The minimum Gasteiger partial charge on any atom is -0.496 e. The molecule has 0 aliphatic carbocycles. The van der Waals surface area contributed by atoms with Crippen LogP contribution in [0, 0.1) is 5.92 Å². The van der Waals surface area contributed by atoms with Gasteiger partial charge in [0.05, 0.1) is 7.11 Å². The van der Waals surface area contributed by atoms with Crippen LogP contribution in [0.3, 0.4) is 0 Å². The molecule has 2 atom stereocenters. The minimum absolute atomic E-state index is 0.288. The van der Waals surface area contributed by atoms with Crippen molar-refractivity contribution < 1.29 is 14.6 Å². The second kappa shape index (κ2) is 7.46. The highest BCUT2D eigenvalue weighted by atomic mass is 16.5. The Bertz CT molecular complexity index is 475. The Labute approximate surface area is 126 Å². The molecule has 0 bridgehead atoms. The highest BCUT2D eigenvalue weighted by molar-refractivity contribution is 5.67. The predicted molar refractivity (Wildman–Crippen MR) is 82.7 cm³/mol. The zero-order chi connectivity index (χ0) is 15.2. The summed E-state index contributed by atoms with van der Waals surface area (Å²) >= 11 is 0. The largest absolute Gasteiger partial charge is 0.496 e. The number of ether oxygens (including phenoxy) is 1. The average Bonchev–Trinajstić information content (AvgIpc) is 2.47. The molecule has 0 saturated carbocycles. The molecule has 1 N–H and O–H groups in total. The van der Waals surface area contributed by atoms with Crippen molar-refractivity contribution in [3.63, 3.8) is 0 Å². The molecule has 0 radical (unpaired) electrons. The number of benzene rings is 1. The fraction of sp³-hybridized carbons (Fsp3) is 0.588. The molecule has 1 fully saturated rings. The Kier molecular flexibility index (Phi) is 5.62. The summed E-state index contributed by atoms with van der Waals surface area (Å²) in [5.41, 5.74) is 1.22. The molecule has 1 aliphatic heterocycles. The van der Waals surface area contributed by atoms with Crippen molar-refractivity contribution >= 4 is 5.97 Å². The fourth-order valence-corrected chi connectivity index (χ4v) is 3.23. The van der Waals surface area contributed by atoms with Crippen LogP contribution in [0.2, 0.25) is 0 Å². The zero-order valence-electron chi connectivity index (χ0n) is 12.9. The molecule has 2 rings (SSSR count). The van der Waals surface area contributed by atoms with Crippen LogP contribution in [0.4, 0.5) is 0 Å². The van der Waals surface area contributed by atoms with E-state index in [4.69, 9.17) is 9.84 Å². The molecule has 0 aromatic heterocycles. The second-order valence-corrected chi connectivity index (χ2v) is 5.97. The van der Waals surface area contributed by atoms with Gasteiger partial charge in [-0.2, -0.15) is 0 Å². The predicted octanol–water partition coefficient (Wildman–Crippen LogP) is 2.81. The van der Waals surface area contributed by atoms with E-state index in [9.17, 15) is 4.79 Å². The molecule has 1 heterocycles. The lowest BCUT2D eigenvalue weighted by atomic mass is 9.93. The number of hydrogen-bond donors (Lipinski definition) is 1. The van der Waals surface area contributed by atoms with Gasteiger partial charge in [0.1, 0.15) is 5.75 Å². The second-order valence-electron chi connectivity index (χ2n) is 5.97. The van der Waals surface area contributed by atoms with E-state index in [0.29, 0.717) is 6.04 Å². The van der Waals surface area contributed by atoms with Gasteiger partial charge in [-0.15, -0.1) is 0 Å². The van der Waals surface area contributed by atoms with E-state index in [2.05, 4.69) is 17.9 Å². The van der Waals surface area contributed by atoms with E-state index in [0.717, 1.165) is 38.1 Å². The van der Waals surface area contributed by atoms with Crippen molar-refractivity contribution in [2.24, 2.45) is 5.92 Å². The number of hydrogen-bond acceptors (Lipinski definition) is 3. The molecular formula is C17H25NO3. The van der Waals surface area contributed by atoms with Crippen molar-refractivity contribution in [3.05, 3.63) is 29.8 Å². The summed E-state index contributed by atoms with van der Waals surface area (Å²) in [5, 5.41) is 8.96. The van der Waals surface area contributed by atoms with Gasteiger partial charge in [0, 0.05) is 19.0 Å². The quantitative estimate of drug-likeness (QED) is 0.875. The summed E-state index contributed by atoms with van der Waals surface area (Å²) in [5.74, 6) is 0.541. The summed E-state index contributed by atoms with van der Waals surface area (Å²) in [6, 6.07) is 8.52. The van der Waals surface area contributed by atoms with Crippen LogP contribution < -0.4 is 4.74 Å². The van der Waals surface area contributed by atoms with Crippen LogP contribution in [0.5, 0.6) is 5.75 Å². The number of likely N-dealkylation sites (tertiary alicyclic amines) is 1. The number of nitrogens with zero attached hydrogens (tertiary/aromatic N) is 1. The number of para-hydroxylation sites is 1. The summed E-state index contributed by atoms with van der Waals surface area (Å²) in [6.45, 7) is 4.17. The summed E-state index contributed by atoms with van der Waals surface area (Å²) in [7, 11) is 1.70. The van der Waals surface area contributed by atoms with E-state index < -0.39 is 5.97 Å². The first-order valence-corrected chi connectivity index (χ1v) is 7.68. The summed E-state index contributed by atoms with van der Waals surface area (Å²) in [4.78, 5) is 13.3. The van der Waals surface area contributed by atoms with Gasteiger partial charge in [-0.3, -0.25) is 4.79 Å². The smallest absolute Gasteiger partial charge is 0.303 e. The van der Waals surface area contributed by atoms with Gasteiger partial charge in [0.15, 0.2) is 0 Å². The number of aliphatic carboxylic acids is 1. The normalized spacial score (nSPS) is 21.0. The third-order valence-electron chi connectivity index (χ3n) is 4.34. The SMILES string of the molecule is COc1ccccc1CC(C)N1CCCC(CC(=O)O)C1. The van der Waals surface area contributed by atoms with Crippen LogP contribution in [0.25, 0.3) is 0 Å². The van der Waals surface area contributed by atoms with Gasteiger partial charge in [0.25, 0.3) is 0 Å². The molecule has 116 valence electrons. The van der Waals surface area contributed by atoms with Crippen molar-refractivity contribution in [2.45, 2.75) is 38.6 Å². The van der Waals surface area contributed by atoms with E-state index in [1.165, 1.54) is 5.56 Å². The maximum Gasteiger partial charge on any atom is 0.303 e. The van der Waals surface area contributed by atoms with Crippen molar-refractivity contribution in [1.29, 1.82) is 0 Å². The van der Waals surface area contributed by atoms with Crippen molar-refractivity contribution in [3.8, 4) is 5.75 Å². The van der Waals surface area contributed by atoms with Crippen LogP contribution in [-0.2, 0) is 11.2 Å². The summed E-state index contributed by atoms with van der Waals surface area (Å²) < 4.78 is 5.41. The molecule has 0 amide bonds. The van der Waals surface area contributed by atoms with Crippen molar-refractivity contribution in [2.75, 3.05) is 20.2 Å². The van der Waals surface area contributed by atoms with Gasteiger partial charge in [-0.1, -0.05) is 18.2 Å². The molecule has 21 heavy (non-hydrogen) atoms. The Morgan fingerprint density at radius 2 is 2.24 bits per heavy atom. The first kappa shape index (κ1) is 15.8. The molecule has 1 aromatic rings. The minimum atomic E-state index is -0.681. The maximum absolute atomic E-state index is 10.9. The number of rotatable bonds is 6. The van der Waals surface area contributed by atoms with Gasteiger partial charge < -0.3 is 14.7 Å². The monoisotopic (exact) mass is 291 g/mol. The number of carboxylic acid groups (broad SMARTS) is 1. The Balaban J connectivity index is 1.96. The van der Waals surface area contributed by atoms with Gasteiger partial charge in [-0.25, -0.2) is 0 Å². The van der Waals surface area contributed by atoms with Gasteiger partial charge in [0.2, 0.25) is 0 Å². The third-order valence-corrected chi connectivity index (χ3v) is 4.34. The summed E-state index contributed by atoms with van der Waals surface area (Å²) in [6.07, 6.45) is 3.35. The Hall–Kier alpha value is -1.55. The maximum atomic E-state index is 10.9. The van der Waals surface area contributed by atoms with Gasteiger partial charge >= 0.3 is 5.97 Å². The van der Waals surface area contributed by atoms with E-state index in [1.807, 2.05) is 18.2 Å². The lowest BCUT2D eigenvalue weighted by molar-refractivity contribution is -0.138. The molecule has 0 spiro atoms. The van der Waals surface area contributed by atoms with Crippen LogP contribution in [0.1, 0.15) is 31.7 Å². The highest BCUT2D eigenvalue weighted by Crippen LogP contribution is 2.25. The van der Waals surface area contributed by atoms with Crippen LogP contribution in [-0.4, -0.2) is 42.2 Å². The zero-order valence-corrected chi connectivity index (χ0v) is 12.9. The van der Waals surface area contributed by atoms with Crippen LogP contribution in [0.15, 0.2) is 24.3 Å². The fourth-order valence-electron chi connectivity index (χ4n) is 3.23. The van der Waals surface area contributed by atoms with E-state index >= 15 is 0 Å². The molecular weight excluding hydrogens is 266 g/mol. The Morgan fingerprint density at radius 3 is 2.95 bits per heavy atom. The van der Waals surface area contributed by atoms with Gasteiger partial charge in [-0.05, 0) is 50.3 Å².